The Morgan fingerprint density at radius 2 is 2.24 bits per heavy atom. The first-order valence-electron chi connectivity index (χ1n) is 7.23. The SMILES string of the molecule is CC1CCCN(C(=O)c2ccc(-c3nn[nH]n3)cn2)CC1. The van der Waals surface area contributed by atoms with Crippen molar-refractivity contribution in [1.82, 2.24) is 30.5 Å². The van der Waals surface area contributed by atoms with Crippen LogP contribution in [0.4, 0.5) is 0 Å². The molecule has 7 nitrogen and oxygen atoms in total. The fourth-order valence-electron chi connectivity index (χ4n) is 2.56. The van der Waals surface area contributed by atoms with Gasteiger partial charge >= 0.3 is 0 Å². The summed E-state index contributed by atoms with van der Waals surface area (Å²) < 4.78 is 0. The van der Waals surface area contributed by atoms with Crippen LogP contribution in [0.1, 0.15) is 36.7 Å². The zero-order chi connectivity index (χ0) is 14.7. The van der Waals surface area contributed by atoms with E-state index in [-0.39, 0.29) is 5.91 Å². The van der Waals surface area contributed by atoms with Crippen LogP contribution in [-0.4, -0.2) is 49.5 Å². The zero-order valence-corrected chi connectivity index (χ0v) is 12.0. The van der Waals surface area contributed by atoms with Gasteiger partial charge in [-0.05, 0) is 42.5 Å². The van der Waals surface area contributed by atoms with Gasteiger partial charge in [0.25, 0.3) is 5.91 Å². The van der Waals surface area contributed by atoms with Crippen LogP contribution in [0.5, 0.6) is 0 Å². The molecule has 3 rings (SSSR count). The number of nitrogens with zero attached hydrogens (tertiary/aromatic N) is 5. The van der Waals surface area contributed by atoms with Crippen molar-refractivity contribution < 1.29 is 4.79 Å². The number of pyridine rings is 1. The summed E-state index contributed by atoms with van der Waals surface area (Å²) in [4.78, 5) is 18.6. The van der Waals surface area contributed by atoms with Gasteiger partial charge in [-0.15, -0.1) is 10.2 Å². The third kappa shape index (κ3) is 3.07. The highest BCUT2D eigenvalue weighted by atomic mass is 16.2. The first-order chi connectivity index (χ1) is 10.2. The molecular formula is C14H18N6O. The number of amides is 1. The Hall–Kier alpha value is -2.31. The highest BCUT2D eigenvalue weighted by Gasteiger charge is 2.20. The number of hydrogen-bond donors (Lipinski definition) is 1. The lowest BCUT2D eigenvalue weighted by molar-refractivity contribution is 0.0754. The van der Waals surface area contributed by atoms with E-state index in [1.807, 2.05) is 4.90 Å². The average molecular weight is 286 g/mol. The second-order valence-corrected chi connectivity index (χ2v) is 5.50. The number of nitrogens with one attached hydrogen (secondary N) is 1. The summed E-state index contributed by atoms with van der Waals surface area (Å²) >= 11 is 0. The van der Waals surface area contributed by atoms with Crippen LogP contribution in [0.25, 0.3) is 11.4 Å². The van der Waals surface area contributed by atoms with Gasteiger partial charge in [0.1, 0.15) is 5.69 Å². The van der Waals surface area contributed by atoms with Gasteiger partial charge < -0.3 is 4.90 Å². The van der Waals surface area contributed by atoms with Gasteiger partial charge in [0.2, 0.25) is 5.82 Å². The van der Waals surface area contributed by atoms with Gasteiger partial charge in [0.15, 0.2) is 0 Å². The lowest BCUT2D eigenvalue weighted by Gasteiger charge is -2.19. The number of tetrazole rings is 1. The summed E-state index contributed by atoms with van der Waals surface area (Å²) in [5.74, 6) is 1.17. The van der Waals surface area contributed by atoms with Crippen molar-refractivity contribution in [2.45, 2.75) is 26.2 Å². The molecule has 7 heteroatoms. The average Bonchev–Trinajstić information content (AvgIpc) is 2.96. The Kier molecular flexibility index (Phi) is 3.89. The molecule has 1 N–H and O–H groups in total. The molecule has 1 fully saturated rings. The zero-order valence-electron chi connectivity index (χ0n) is 12.0. The summed E-state index contributed by atoms with van der Waals surface area (Å²) in [6.45, 7) is 3.87. The van der Waals surface area contributed by atoms with Gasteiger partial charge in [0.05, 0.1) is 0 Å². The van der Waals surface area contributed by atoms with E-state index in [0.717, 1.165) is 31.5 Å². The molecule has 1 amide bonds. The van der Waals surface area contributed by atoms with Gasteiger partial charge in [-0.3, -0.25) is 9.78 Å². The van der Waals surface area contributed by atoms with Crippen LogP contribution in [0, 0.1) is 5.92 Å². The molecule has 0 aliphatic carbocycles. The van der Waals surface area contributed by atoms with Crippen molar-refractivity contribution in [3.05, 3.63) is 24.0 Å². The van der Waals surface area contributed by atoms with E-state index < -0.39 is 0 Å². The van der Waals surface area contributed by atoms with Crippen molar-refractivity contribution in [2.24, 2.45) is 5.92 Å². The molecule has 0 saturated carbocycles. The maximum absolute atomic E-state index is 12.5. The molecule has 1 aliphatic rings. The third-order valence-electron chi connectivity index (χ3n) is 3.89. The Morgan fingerprint density at radius 1 is 1.33 bits per heavy atom. The molecule has 0 aromatic carbocycles. The van der Waals surface area contributed by atoms with Gasteiger partial charge in [0, 0.05) is 24.8 Å². The molecule has 1 unspecified atom stereocenters. The summed E-state index contributed by atoms with van der Waals surface area (Å²) in [5, 5.41) is 13.7. The lowest BCUT2D eigenvalue weighted by Crippen LogP contribution is -2.32. The van der Waals surface area contributed by atoms with Crippen LogP contribution in [0.3, 0.4) is 0 Å². The maximum Gasteiger partial charge on any atom is 0.272 e. The van der Waals surface area contributed by atoms with Crippen LogP contribution in [0.2, 0.25) is 0 Å². The van der Waals surface area contributed by atoms with Gasteiger partial charge in [-0.25, -0.2) is 0 Å². The molecule has 0 bridgehead atoms. The first-order valence-corrected chi connectivity index (χ1v) is 7.23. The third-order valence-corrected chi connectivity index (χ3v) is 3.89. The summed E-state index contributed by atoms with van der Waals surface area (Å²) in [7, 11) is 0. The minimum atomic E-state index is 0.00348. The van der Waals surface area contributed by atoms with E-state index in [2.05, 4.69) is 32.5 Å². The Balaban J connectivity index is 1.73. The predicted molar refractivity (Wildman–Crippen MR) is 76.3 cm³/mol. The highest BCUT2D eigenvalue weighted by Crippen LogP contribution is 2.18. The predicted octanol–water partition coefficient (Wildman–Crippen LogP) is 1.52. The van der Waals surface area contributed by atoms with E-state index >= 15 is 0 Å². The van der Waals surface area contributed by atoms with Crippen molar-refractivity contribution in [3.63, 3.8) is 0 Å². The smallest absolute Gasteiger partial charge is 0.272 e. The minimum absolute atomic E-state index is 0.00348. The van der Waals surface area contributed by atoms with Crippen molar-refractivity contribution >= 4 is 5.91 Å². The van der Waals surface area contributed by atoms with Gasteiger partial charge in [-0.1, -0.05) is 6.92 Å². The molecule has 3 heterocycles. The topological polar surface area (TPSA) is 87.7 Å². The largest absolute Gasteiger partial charge is 0.337 e. The molecule has 1 saturated heterocycles. The number of carbonyl (C=O) groups is 1. The molecule has 2 aromatic heterocycles. The second kappa shape index (κ2) is 5.99. The quantitative estimate of drug-likeness (QED) is 0.904. The maximum atomic E-state index is 12.5. The van der Waals surface area contributed by atoms with Crippen LogP contribution < -0.4 is 0 Å². The minimum Gasteiger partial charge on any atom is -0.337 e. The standard InChI is InChI=1S/C14H18N6O/c1-10-3-2-7-20(8-6-10)14(21)12-5-4-11(9-15-12)13-16-18-19-17-13/h4-5,9-10H,2-3,6-8H2,1H3,(H,16,17,18,19). The molecule has 0 spiro atoms. The molecular weight excluding hydrogens is 268 g/mol. The number of hydrogen-bond acceptors (Lipinski definition) is 5. The van der Waals surface area contributed by atoms with E-state index in [1.54, 1.807) is 18.3 Å². The monoisotopic (exact) mass is 286 g/mol. The molecule has 0 radical (unpaired) electrons. The Labute approximate surface area is 122 Å². The van der Waals surface area contributed by atoms with Gasteiger partial charge in [-0.2, -0.15) is 5.21 Å². The van der Waals surface area contributed by atoms with Crippen LogP contribution >= 0.6 is 0 Å². The number of aromatic nitrogens is 5. The normalized spacial score (nSPS) is 19.3. The summed E-state index contributed by atoms with van der Waals surface area (Å²) in [5.41, 5.74) is 1.21. The van der Waals surface area contributed by atoms with Crippen molar-refractivity contribution in [1.29, 1.82) is 0 Å². The number of likely N-dealkylation sites (tertiary alicyclic amines) is 1. The van der Waals surface area contributed by atoms with Crippen molar-refractivity contribution in [3.8, 4) is 11.4 Å². The highest BCUT2D eigenvalue weighted by molar-refractivity contribution is 5.92. The second-order valence-electron chi connectivity index (χ2n) is 5.50. The number of rotatable bonds is 2. The Bertz CT molecular complexity index is 594. The van der Waals surface area contributed by atoms with Crippen LogP contribution in [0.15, 0.2) is 18.3 Å². The first kappa shape index (κ1) is 13.7. The Morgan fingerprint density at radius 3 is 2.95 bits per heavy atom. The fraction of sp³-hybridized carbons (Fsp3) is 0.500. The molecule has 1 atom stereocenters. The number of carbonyl (C=O) groups excluding carboxylic acids is 1. The molecule has 1 aliphatic heterocycles. The van der Waals surface area contributed by atoms with E-state index in [4.69, 9.17) is 0 Å². The van der Waals surface area contributed by atoms with E-state index in [0.29, 0.717) is 17.4 Å². The van der Waals surface area contributed by atoms with Crippen LogP contribution in [-0.2, 0) is 0 Å². The fourth-order valence-corrected chi connectivity index (χ4v) is 2.56. The number of aromatic amines is 1. The molecule has 110 valence electrons. The van der Waals surface area contributed by atoms with Crippen molar-refractivity contribution in [2.75, 3.05) is 13.1 Å². The lowest BCUT2D eigenvalue weighted by atomic mass is 10.0. The van der Waals surface area contributed by atoms with E-state index in [9.17, 15) is 4.79 Å². The summed E-state index contributed by atoms with van der Waals surface area (Å²) in [6.07, 6.45) is 4.92. The van der Waals surface area contributed by atoms with E-state index in [1.165, 1.54) is 6.42 Å². The summed E-state index contributed by atoms with van der Waals surface area (Å²) in [6, 6.07) is 3.52. The number of H-pyrrole nitrogens is 1. The molecule has 21 heavy (non-hydrogen) atoms. The molecule has 2 aromatic rings.